The fourth-order valence-electron chi connectivity index (χ4n) is 9.80. The summed E-state index contributed by atoms with van der Waals surface area (Å²) >= 11 is 6.34. The van der Waals surface area contributed by atoms with Crippen LogP contribution in [0.5, 0.6) is 34.5 Å². The van der Waals surface area contributed by atoms with Crippen molar-refractivity contribution in [1.29, 1.82) is 0 Å². The van der Waals surface area contributed by atoms with E-state index in [-0.39, 0.29) is 63.5 Å². The number of aromatic nitrogens is 3. The van der Waals surface area contributed by atoms with Gasteiger partial charge in [-0.05, 0) is 182 Å². The zero-order valence-electron chi connectivity index (χ0n) is 52.0. The van der Waals surface area contributed by atoms with Gasteiger partial charge in [0.2, 0.25) is 0 Å². The first-order chi connectivity index (χ1) is 44.5. The molecule has 93 heavy (non-hydrogen) atoms. The van der Waals surface area contributed by atoms with Gasteiger partial charge in [-0.25, -0.2) is 18.2 Å². The van der Waals surface area contributed by atoms with Crippen molar-refractivity contribution in [2.75, 3.05) is 12.8 Å². The third-order valence-electron chi connectivity index (χ3n) is 14.4. The quantitative estimate of drug-likeness (QED) is 0.0474. The standard InChI is InChI=1S/C20H20ClOP.C19H16FNO2.C19H14FNO2.C18H12FNO2.B.Na.H/c1-2-23(22-21,18-12-6-3-7-13-18,19-14-8-4-9-15-19)20-16-10-5-11-17-20;2*20-15-6-10-18(11-7-15)23-17-8-4-14(5-9-17)19-3-1-2-16(21-19)12-13-22;19-14-6-10-17(11-7-14)22-16-8-4-13(5-9-16)18-3-1-2-15(12-21)20-18;;;/h3-17H,2H2,1H3;1-11,22H,12-13H2;1-11,13H,12H2;1-12H;;;/q;;;;;+1;-1. The number of carbonyl (C=O) groups is 2. The van der Waals surface area contributed by atoms with E-state index in [0.29, 0.717) is 53.0 Å². The molecule has 0 amide bonds. The van der Waals surface area contributed by atoms with Crippen LogP contribution in [0.1, 0.15) is 30.2 Å². The third-order valence-corrected chi connectivity index (χ3v) is 21.0. The average Bonchev–Trinajstić information content (AvgIpc) is 0.704. The number of pyridine rings is 3. The number of aldehydes is 2. The fraction of sp³-hybridized carbons (Fsp3) is 0.0658. The van der Waals surface area contributed by atoms with E-state index in [1.807, 2.05) is 158 Å². The number of aliphatic hydroxyl groups is 1. The maximum absolute atomic E-state index is 12.9. The van der Waals surface area contributed by atoms with Crippen LogP contribution >= 0.6 is 18.7 Å². The van der Waals surface area contributed by atoms with E-state index in [1.165, 1.54) is 36.4 Å². The molecule has 10 nitrogen and oxygen atoms in total. The second kappa shape index (κ2) is 35.5. The third kappa shape index (κ3) is 18.9. The molecule has 17 heteroatoms. The van der Waals surface area contributed by atoms with Crippen molar-refractivity contribution >= 4 is 55.6 Å². The number of halogens is 4. The summed E-state index contributed by atoms with van der Waals surface area (Å²) in [6, 6.07) is 87.6. The number of ether oxygens (including phenoxy) is 3. The maximum Gasteiger partial charge on any atom is 1.00 e. The molecular weight excluding hydrogens is 1220 g/mol. The van der Waals surface area contributed by atoms with E-state index in [2.05, 4.69) is 58.3 Å². The molecule has 0 fully saturated rings. The molecular formula is C76H63BClF3N3NaO7P. The van der Waals surface area contributed by atoms with Crippen LogP contribution in [0.4, 0.5) is 13.2 Å². The summed E-state index contributed by atoms with van der Waals surface area (Å²) in [4.78, 5) is 34.5. The minimum absolute atomic E-state index is 0. The first kappa shape index (κ1) is 71.1. The molecule has 0 unspecified atom stereocenters. The Morgan fingerprint density at radius 3 is 1.04 bits per heavy atom. The Bertz CT molecular complexity index is 4140. The van der Waals surface area contributed by atoms with Gasteiger partial charge in [0, 0.05) is 55.9 Å². The second-order valence-corrected chi connectivity index (χ2v) is 25.4. The normalized spacial score (nSPS) is 10.8. The van der Waals surface area contributed by atoms with Crippen LogP contribution in [-0.2, 0) is 21.7 Å². The van der Waals surface area contributed by atoms with E-state index < -0.39 is 6.83 Å². The van der Waals surface area contributed by atoms with E-state index in [9.17, 15) is 22.8 Å². The van der Waals surface area contributed by atoms with Gasteiger partial charge in [-0.2, -0.15) is 0 Å². The number of rotatable bonds is 19. The van der Waals surface area contributed by atoms with Crippen LogP contribution < -0.4 is 59.7 Å². The summed E-state index contributed by atoms with van der Waals surface area (Å²) in [5.41, 5.74) is 7.15. The van der Waals surface area contributed by atoms with E-state index in [1.54, 1.807) is 60.7 Å². The van der Waals surface area contributed by atoms with E-state index in [4.69, 9.17) is 35.3 Å². The van der Waals surface area contributed by atoms with Crippen molar-refractivity contribution in [3.05, 3.63) is 326 Å². The fourth-order valence-corrected chi connectivity index (χ4v) is 15.5. The molecule has 12 aromatic rings. The molecule has 1 N–H and O–H groups in total. The van der Waals surface area contributed by atoms with Gasteiger partial charge in [0.25, 0.3) is 0 Å². The van der Waals surface area contributed by atoms with Gasteiger partial charge in [0.05, 0.1) is 17.1 Å². The van der Waals surface area contributed by atoms with Crippen molar-refractivity contribution in [2.24, 2.45) is 0 Å². The molecule has 12 rings (SSSR count). The summed E-state index contributed by atoms with van der Waals surface area (Å²) in [6.07, 6.45) is 3.20. The van der Waals surface area contributed by atoms with Gasteiger partial charge < -0.3 is 25.5 Å². The van der Waals surface area contributed by atoms with Crippen LogP contribution in [0, 0.1) is 17.5 Å². The van der Waals surface area contributed by atoms with Crippen molar-refractivity contribution in [3.8, 4) is 68.3 Å². The summed E-state index contributed by atoms with van der Waals surface area (Å²) in [5.74, 6) is 2.81. The van der Waals surface area contributed by atoms with Crippen LogP contribution in [0.2, 0.25) is 0 Å². The van der Waals surface area contributed by atoms with Gasteiger partial charge in [-0.3, -0.25) is 14.8 Å². The predicted molar refractivity (Wildman–Crippen MR) is 364 cm³/mol. The molecule has 0 aliphatic carbocycles. The van der Waals surface area contributed by atoms with Crippen molar-refractivity contribution in [3.63, 3.8) is 0 Å². The number of aliphatic hydroxyl groups excluding tert-OH is 1. The molecule has 0 bridgehead atoms. The Kier molecular flexibility index (Phi) is 27.1. The Morgan fingerprint density at radius 2 is 0.731 bits per heavy atom. The number of benzene rings is 9. The van der Waals surface area contributed by atoms with Crippen LogP contribution in [0.3, 0.4) is 0 Å². The number of carbonyl (C=O) groups excluding carboxylic acids is 2. The molecule has 3 heterocycles. The van der Waals surface area contributed by atoms with Crippen LogP contribution in [0.15, 0.2) is 291 Å². The van der Waals surface area contributed by atoms with Crippen LogP contribution in [-0.4, -0.2) is 53.8 Å². The van der Waals surface area contributed by atoms with Gasteiger partial charge >= 0.3 is 172 Å². The molecule has 0 saturated carbocycles. The SMILES string of the molecule is CCP(OCl)(c1ccccc1)(c1ccccc1)c1ccccc1.O=CCc1cccc(-c2ccc(Oc3ccc(F)cc3)cc2)n1.O=Cc1cccc(-c2ccc(Oc3ccc(F)cc3)cc2)n1.OCCc1cccc(-c2ccc(Oc3ccc(F)cc3)cc2)n1.[B].[H-].[Na+]. The Balaban J connectivity index is 0.000000197. The minimum atomic E-state index is -3.16. The summed E-state index contributed by atoms with van der Waals surface area (Å²) < 4.78 is 61.6. The molecule has 0 saturated heterocycles. The molecule has 3 aromatic heterocycles. The zero-order valence-corrected chi connectivity index (χ0v) is 54.6. The van der Waals surface area contributed by atoms with Gasteiger partial charge in [0.1, 0.15) is 63.9 Å². The molecule has 3 radical (unpaired) electrons. The molecule has 0 atom stereocenters. The van der Waals surface area contributed by atoms with Crippen LogP contribution in [0.25, 0.3) is 33.8 Å². The predicted octanol–water partition coefficient (Wildman–Crippen LogP) is 14.5. The molecule has 0 aliphatic heterocycles. The molecule has 0 aliphatic rings. The van der Waals surface area contributed by atoms with Gasteiger partial charge in [-0.1, -0.05) is 18.2 Å². The summed E-state index contributed by atoms with van der Waals surface area (Å²) in [6.45, 7) is -0.916. The van der Waals surface area contributed by atoms with Gasteiger partial charge in [-0.15, -0.1) is 0 Å². The topological polar surface area (TPSA) is 130 Å². The average molecular weight is 1290 g/mol. The Morgan fingerprint density at radius 1 is 0.419 bits per heavy atom. The maximum atomic E-state index is 12.9. The van der Waals surface area contributed by atoms with Crippen molar-refractivity contribution < 1.29 is 77.1 Å². The van der Waals surface area contributed by atoms with Gasteiger partial charge in [0.15, 0.2) is 6.29 Å². The smallest absolute Gasteiger partial charge is 1.00 e. The Labute approximate surface area is 570 Å². The molecule has 9 aromatic carbocycles. The van der Waals surface area contributed by atoms with E-state index in [0.717, 1.165) is 79.8 Å². The number of hydrogen-bond acceptors (Lipinski definition) is 10. The molecule has 0 spiro atoms. The first-order valence-electron chi connectivity index (χ1n) is 29.0. The van der Waals surface area contributed by atoms with Crippen molar-refractivity contribution in [2.45, 2.75) is 19.8 Å². The first-order valence-corrected chi connectivity index (χ1v) is 31.6. The summed E-state index contributed by atoms with van der Waals surface area (Å²) in [7, 11) is 0. The number of hydrogen-bond donors (Lipinski definition) is 1. The van der Waals surface area contributed by atoms with E-state index >= 15 is 0 Å². The molecule has 461 valence electrons. The second-order valence-electron chi connectivity index (χ2n) is 20.3. The monoisotopic (exact) mass is 1290 g/mol. The minimum Gasteiger partial charge on any atom is -1.00 e. The summed E-state index contributed by atoms with van der Waals surface area (Å²) in [5, 5.41) is 12.4. The zero-order chi connectivity index (χ0) is 63.7. The van der Waals surface area contributed by atoms with Crippen molar-refractivity contribution in [1.82, 2.24) is 15.0 Å². The number of nitrogens with zero attached hydrogens (tertiary/aromatic N) is 3. The Hall–Kier alpha value is -9.34. The largest absolute Gasteiger partial charge is 1.00 e.